The highest BCUT2D eigenvalue weighted by molar-refractivity contribution is 5.55. The summed E-state index contributed by atoms with van der Waals surface area (Å²) in [7, 11) is 0. The molecule has 1 rings (SSSR count). The number of carbonyl (C=O) groups excluding carboxylic acids is 1. The molecule has 2 atom stereocenters. The largest absolute Gasteiger partial charge is 0.355 e. The fourth-order valence-electron chi connectivity index (χ4n) is 0.978. The molecule has 0 aromatic carbocycles. The summed E-state index contributed by atoms with van der Waals surface area (Å²) in [4.78, 5) is 10.2. The first kappa shape index (κ1) is 7.69. The highest BCUT2D eigenvalue weighted by Gasteiger charge is 2.25. The van der Waals surface area contributed by atoms with E-state index in [9.17, 15) is 4.79 Å². The third kappa shape index (κ3) is 1.55. The minimum atomic E-state index is -0.368. The fourth-order valence-corrected chi connectivity index (χ4v) is 0.978. The molecular weight excluding hydrogens is 130 g/mol. The van der Waals surface area contributed by atoms with Gasteiger partial charge in [-0.1, -0.05) is 13.8 Å². The Morgan fingerprint density at radius 2 is 2.40 bits per heavy atom. The predicted octanol–water partition coefficient (Wildman–Crippen LogP) is 0.156. The molecule has 2 unspecified atom stereocenters. The Bertz CT molecular complexity index is 125. The van der Waals surface area contributed by atoms with Gasteiger partial charge in [-0.3, -0.25) is 10.1 Å². The summed E-state index contributed by atoms with van der Waals surface area (Å²) in [5.74, 6) is 0.532. The van der Waals surface area contributed by atoms with Crippen molar-refractivity contribution in [2.45, 2.75) is 26.1 Å². The standard InChI is InChI=1S/C7H13NO2/c1-5(2)6-4-10-7(3-9)8-6/h3,5-8H,4H2,1-2H3. The number of aldehydes is 1. The molecule has 0 aromatic rings. The van der Waals surface area contributed by atoms with E-state index in [4.69, 9.17) is 4.74 Å². The van der Waals surface area contributed by atoms with Crippen molar-refractivity contribution in [3.8, 4) is 0 Å². The summed E-state index contributed by atoms with van der Waals surface area (Å²) in [6.45, 7) is 4.86. The Balaban J connectivity index is 2.35. The SMILES string of the molecule is CC(C)C1COC(C=O)N1. The highest BCUT2D eigenvalue weighted by atomic mass is 16.5. The molecule has 0 aromatic heterocycles. The lowest BCUT2D eigenvalue weighted by Gasteiger charge is -2.11. The number of hydrogen-bond acceptors (Lipinski definition) is 3. The van der Waals surface area contributed by atoms with Crippen LogP contribution in [0.25, 0.3) is 0 Å². The Kier molecular flexibility index (Phi) is 2.40. The van der Waals surface area contributed by atoms with E-state index in [2.05, 4.69) is 19.2 Å². The van der Waals surface area contributed by atoms with Crippen molar-refractivity contribution in [3.63, 3.8) is 0 Å². The molecule has 1 fully saturated rings. The van der Waals surface area contributed by atoms with Crippen LogP contribution in [0.4, 0.5) is 0 Å². The van der Waals surface area contributed by atoms with Crippen LogP contribution < -0.4 is 5.32 Å². The van der Waals surface area contributed by atoms with Crippen molar-refractivity contribution >= 4 is 6.29 Å². The minimum absolute atomic E-state index is 0.343. The lowest BCUT2D eigenvalue weighted by molar-refractivity contribution is -0.116. The van der Waals surface area contributed by atoms with Crippen LogP contribution in [0, 0.1) is 5.92 Å². The van der Waals surface area contributed by atoms with Crippen molar-refractivity contribution in [2.24, 2.45) is 5.92 Å². The van der Waals surface area contributed by atoms with Gasteiger partial charge in [0.05, 0.1) is 6.61 Å². The third-order valence-electron chi connectivity index (χ3n) is 1.76. The Labute approximate surface area is 60.7 Å². The average Bonchev–Trinajstić information content (AvgIpc) is 2.34. The van der Waals surface area contributed by atoms with Gasteiger partial charge in [0.2, 0.25) is 0 Å². The number of carbonyl (C=O) groups is 1. The molecule has 1 N–H and O–H groups in total. The van der Waals surface area contributed by atoms with Crippen molar-refractivity contribution < 1.29 is 9.53 Å². The highest BCUT2D eigenvalue weighted by Crippen LogP contribution is 2.09. The van der Waals surface area contributed by atoms with Gasteiger partial charge in [-0.25, -0.2) is 0 Å². The first-order valence-electron chi connectivity index (χ1n) is 3.57. The van der Waals surface area contributed by atoms with Crippen LogP contribution in [0.2, 0.25) is 0 Å². The van der Waals surface area contributed by atoms with E-state index in [1.54, 1.807) is 0 Å². The van der Waals surface area contributed by atoms with Gasteiger partial charge in [0.25, 0.3) is 0 Å². The number of hydrogen-bond donors (Lipinski definition) is 1. The first-order valence-corrected chi connectivity index (χ1v) is 3.57. The summed E-state index contributed by atoms with van der Waals surface area (Å²) in [6.07, 6.45) is 0.426. The zero-order valence-electron chi connectivity index (χ0n) is 6.33. The maximum absolute atomic E-state index is 10.2. The summed E-state index contributed by atoms with van der Waals surface area (Å²) < 4.78 is 5.10. The van der Waals surface area contributed by atoms with Gasteiger partial charge in [-0.05, 0) is 5.92 Å². The molecule has 0 amide bonds. The third-order valence-corrected chi connectivity index (χ3v) is 1.76. The van der Waals surface area contributed by atoms with E-state index in [1.165, 1.54) is 0 Å². The Hall–Kier alpha value is -0.410. The molecule has 1 saturated heterocycles. The second-order valence-electron chi connectivity index (χ2n) is 2.91. The van der Waals surface area contributed by atoms with E-state index < -0.39 is 0 Å². The maximum atomic E-state index is 10.2. The molecule has 10 heavy (non-hydrogen) atoms. The minimum Gasteiger partial charge on any atom is -0.355 e. The van der Waals surface area contributed by atoms with E-state index in [0.29, 0.717) is 18.6 Å². The molecular formula is C7H13NO2. The maximum Gasteiger partial charge on any atom is 0.164 e. The number of nitrogens with one attached hydrogen (secondary N) is 1. The summed E-state index contributed by atoms with van der Waals surface area (Å²) >= 11 is 0. The van der Waals surface area contributed by atoms with E-state index in [1.807, 2.05) is 0 Å². The summed E-state index contributed by atoms with van der Waals surface area (Å²) in [5.41, 5.74) is 0. The van der Waals surface area contributed by atoms with Crippen molar-refractivity contribution in [2.75, 3.05) is 6.61 Å². The molecule has 0 bridgehead atoms. The van der Waals surface area contributed by atoms with E-state index in [-0.39, 0.29) is 6.23 Å². The Morgan fingerprint density at radius 3 is 2.70 bits per heavy atom. The van der Waals surface area contributed by atoms with Crippen molar-refractivity contribution in [3.05, 3.63) is 0 Å². The molecule has 0 saturated carbocycles. The lowest BCUT2D eigenvalue weighted by atomic mass is 10.1. The molecule has 58 valence electrons. The molecule has 0 aliphatic carbocycles. The topological polar surface area (TPSA) is 38.3 Å². The molecule has 0 radical (unpaired) electrons. The van der Waals surface area contributed by atoms with Crippen LogP contribution in [-0.4, -0.2) is 25.2 Å². The molecule has 1 aliphatic rings. The second-order valence-corrected chi connectivity index (χ2v) is 2.91. The van der Waals surface area contributed by atoms with Gasteiger partial charge < -0.3 is 4.74 Å². The van der Waals surface area contributed by atoms with Crippen molar-refractivity contribution in [1.82, 2.24) is 5.32 Å². The number of ether oxygens (including phenoxy) is 1. The van der Waals surface area contributed by atoms with Gasteiger partial charge in [0.15, 0.2) is 12.5 Å². The zero-order chi connectivity index (χ0) is 7.56. The van der Waals surface area contributed by atoms with Gasteiger partial charge in [-0.15, -0.1) is 0 Å². The monoisotopic (exact) mass is 143 g/mol. The van der Waals surface area contributed by atoms with Gasteiger partial charge in [0.1, 0.15) is 0 Å². The average molecular weight is 143 g/mol. The Morgan fingerprint density at radius 1 is 1.70 bits per heavy atom. The quantitative estimate of drug-likeness (QED) is 0.559. The molecule has 3 nitrogen and oxygen atoms in total. The van der Waals surface area contributed by atoms with Crippen LogP contribution >= 0.6 is 0 Å². The van der Waals surface area contributed by atoms with Crippen LogP contribution in [-0.2, 0) is 9.53 Å². The van der Waals surface area contributed by atoms with Crippen LogP contribution in [0.15, 0.2) is 0 Å². The number of rotatable bonds is 2. The van der Waals surface area contributed by atoms with Gasteiger partial charge in [-0.2, -0.15) is 0 Å². The first-order chi connectivity index (χ1) is 4.74. The predicted molar refractivity (Wildman–Crippen MR) is 37.6 cm³/mol. The van der Waals surface area contributed by atoms with Gasteiger partial charge >= 0.3 is 0 Å². The second kappa shape index (κ2) is 3.12. The van der Waals surface area contributed by atoms with Crippen LogP contribution in [0.5, 0.6) is 0 Å². The summed E-state index contributed by atoms with van der Waals surface area (Å²) in [5, 5.41) is 3.05. The van der Waals surface area contributed by atoms with Crippen LogP contribution in [0.3, 0.4) is 0 Å². The fraction of sp³-hybridized carbons (Fsp3) is 0.857. The molecule has 1 heterocycles. The summed E-state index contributed by atoms with van der Waals surface area (Å²) in [6, 6.07) is 0.343. The molecule has 3 heteroatoms. The zero-order valence-corrected chi connectivity index (χ0v) is 6.33. The molecule has 0 spiro atoms. The van der Waals surface area contributed by atoms with E-state index >= 15 is 0 Å². The smallest absolute Gasteiger partial charge is 0.164 e. The van der Waals surface area contributed by atoms with Gasteiger partial charge in [0, 0.05) is 6.04 Å². The van der Waals surface area contributed by atoms with Crippen LogP contribution in [0.1, 0.15) is 13.8 Å². The normalized spacial score (nSPS) is 33.1. The lowest BCUT2D eigenvalue weighted by Crippen LogP contribution is -2.34. The van der Waals surface area contributed by atoms with E-state index in [0.717, 1.165) is 6.29 Å². The molecule has 1 aliphatic heterocycles. The van der Waals surface area contributed by atoms with Crippen molar-refractivity contribution in [1.29, 1.82) is 0 Å².